The summed E-state index contributed by atoms with van der Waals surface area (Å²) < 4.78 is 23.6. The maximum atomic E-state index is 10.1. The maximum absolute atomic E-state index is 10.1. The van der Waals surface area contributed by atoms with Gasteiger partial charge in [-0.3, -0.25) is 9.09 Å². The van der Waals surface area contributed by atoms with Crippen LogP contribution in [0.1, 0.15) is 6.92 Å². The van der Waals surface area contributed by atoms with E-state index in [0.29, 0.717) is 6.61 Å². The van der Waals surface area contributed by atoms with E-state index in [0.717, 1.165) is 5.30 Å². The van der Waals surface area contributed by atoms with Crippen molar-refractivity contribution >= 4 is 22.5 Å². The molecule has 70 valence electrons. The number of hydrogen-bond donors (Lipinski definition) is 0. The zero-order chi connectivity index (χ0) is 9.94. The first-order valence-electron chi connectivity index (χ1n) is 3.68. The Morgan fingerprint density at radius 2 is 1.85 bits per heavy atom. The average Bonchev–Trinajstić information content (AvgIpc) is 2.21. The van der Waals surface area contributed by atoms with E-state index in [1.54, 1.807) is 6.92 Å². The molecule has 0 amide bonds. The normalized spacial score (nSPS) is 9.31. The molecule has 0 radical (unpaired) electrons. The van der Waals surface area contributed by atoms with Crippen molar-refractivity contribution in [1.82, 2.24) is 0 Å². The molecule has 0 atom stereocenters. The van der Waals surface area contributed by atoms with Gasteiger partial charge >= 0.3 is 8.69 Å². The predicted octanol–water partition coefficient (Wildman–Crippen LogP) is 2.83. The molecule has 1 aromatic carbocycles. The van der Waals surface area contributed by atoms with E-state index in [2.05, 4.69) is 4.52 Å². The third kappa shape index (κ3) is 7.73. The second-order valence-corrected chi connectivity index (χ2v) is 3.03. The van der Waals surface area contributed by atoms with Crippen molar-refractivity contribution < 1.29 is 13.7 Å². The van der Waals surface area contributed by atoms with Crippen LogP contribution in [0.4, 0.5) is 0 Å². The minimum atomic E-state index is -0.220. The van der Waals surface area contributed by atoms with Crippen LogP contribution in [-0.2, 0) is 13.7 Å². The Morgan fingerprint density at radius 1 is 1.23 bits per heavy atom. The van der Waals surface area contributed by atoms with Crippen LogP contribution in [0, 0.1) is 0 Å². The number of hydrogen-bond acceptors (Lipinski definition) is 3. The van der Waals surface area contributed by atoms with Gasteiger partial charge in [0, 0.05) is 5.30 Å². The zero-order valence-electron chi connectivity index (χ0n) is 7.21. The quantitative estimate of drug-likeness (QED) is 0.729. The summed E-state index contributed by atoms with van der Waals surface area (Å²) in [7, 11) is -0.121. The highest BCUT2D eigenvalue weighted by Crippen LogP contribution is 1.92. The van der Waals surface area contributed by atoms with Crippen molar-refractivity contribution in [3.8, 4) is 0 Å². The molecule has 0 spiro atoms. The number of benzene rings is 1. The second kappa shape index (κ2) is 9.47. The van der Waals surface area contributed by atoms with Gasteiger partial charge in [0.25, 0.3) is 0 Å². The molecular formula is C8H10O3P2. The van der Waals surface area contributed by atoms with Crippen LogP contribution < -0.4 is 5.30 Å². The summed E-state index contributed by atoms with van der Waals surface area (Å²) in [5.41, 5.74) is 0. The Morgan fingerprint density at radius 3 is 2.08 bits per heavy atom. The smallest absolute Gasteiger partial charge is 0.295 e. The molecule has 0 fully saturated rings. The van der Waals surface area contributed by atoms with Crippen molar-refractivity contribution in [2.75, 3.05) is 6.61 Å². The van der Waals surface area contributed by atoms with E-state index < -0.39 is 0 Å². The Bertz CT molecular complexity index is 238. The minimum absolute atomic E-state index is 0.0994. The standard InChI is InChI=1S/C6H5OP.C2H5O2P/c7-8-6-4-2-1-3-5-6;1-2-4-5-3/h1-5H;2H2,1H3. The highest BCUT2D eigenvalue weighted by molar-refractivity contribution is 7.34. The molecule has 13 heavy (non-hydrogen) atoms. The fourth-order valence-electron chi connectivity index (χ4n) is 0.542. The molecule has 1 aromatic rings. The van der Waals surface area contributed by atoms with Gasteiger partial charge in [-0.25, -0.2) is 4.57 Å². The monoisotopic (exact) mass is 216 g/mol. The Labute approximate surface area is 80.6 Å². The highest BCUT2D eigenvalue weighted by Gasteiger charge is 1.81. The third-order valence-corrected chi connectivity index (χ3v) is 1.92. The van der Waals surface area contributed by atoms with Gasteiger partial charge in [-0.15, -0.1) is 0 Å². The Hall–Kier alpha value is -0.620. The molecular weight excluding hydrogens is 206 g/mol. The van der Waals surface area contributed by atoms with Crippen LogP contribution in [0.15, 0.2) is 30.3 Å². The fourth-order valence-corrected chi connectivity index (χ4v) is 0.941. The van der Waals surface area contributed by atoms with Crippen LogP contribution in [0.5, 0.6) is 0 Å². The maximum Gasteiger partial charge on any atom is 0.327 e. The molecule has 0 N–H and O–H groups in total. The molecule has 1 rings (SSSR count). The summed E-state index contributed by atoms with van der Waals surface area (Å²) in [6, 6.07) is 9.25. The zero-order valence-corrected chi connectivity index (χ0v) is 9.00. The van der Waals surface area contributed by atoms with Crippen LogP contribution in [-0.4, -0.2) is 6.61 Å². The van der Waals surface area contributed by atoms with E-state index >= 15 is 0 Å². The van der Waals surface area contributed by atoms with E-state index in [1.807, 2.05) is 30.3 Å². The van der Waals surface area contributed by atoms with Crippen LogP contribution >= 0.6 is 17.1 Å². The Kier molecular flexibility index (Phi) is 9.02. The van der Waals surface area contributed by atoms with Crippen molar-refractivity contribution in [2.24, 2.45) is 0 Å². The molecule has 5 heteroatoms. The van der Waals surface area contributed by atoms with Gasteiger partial charge < -0.3 is 0 Å². The van der Waals surface area contributed by atoms with Gasteiger partial charge in [-0.05, 0) is 19.1 Å². The molecule has 0 heterocycles. The van der Waals surface area contributed by atoms with Gasteiger partial charge in [-0.2, -0.15) is 0 Å². The second-order valence-electron chi connectivity index (χ2n) is 1.92. The predicted molar refractivity (Wildman–Crippen MR) is 52.9 cm³/mol. The van der Waals surface area contributed by atoms with Gasteiger partial charge in [0.1, 0.15) is 0 Å². The van der Waals surface area contributed by atoms with Gasteiger partial charge in [0.2, 0.25) is 0 Å². The number of rotatable bonds is 3. The first kappa shape index (κ1) is 12.4. The SMILES string of the molecule is CCOP=O.O=Pc1ccccc1. The van der Waals surface area contributed by atoms with E-state index in [1.165, 1.54) is 0 Å². The lowest BCUT2D eigenvalue weighted by Gasteiger charge is -1.80. The van der Waals surface area contributed by atoms with Crippen molar-refractivity contribution in [2.45, 2.75) is 6.92 Å². The summed E-state index contributed by atoms with van der Waals surface area (Å²) in [5, 5.41) is 0.826. The van der Waals surface area contributed by atoms with E-state index in [9.17, 15) is 9.13 Å². The van der Waals surface area contributed by atoms with E-state index in [-0.39, 0.29) is 17.1 Å². The Balaban J connectivity index is 0.000000252. The summed E-state index contributed by atoms with van der Waals surface area (Å²) in [6.45, 7) is 2.30. The van der Waals surface area contributed by atoms with Crippen molar-refractivity contribution in [3.05, 3.63) is 30.3 Å². The van der Waals surface area contributed by atoms with Gasteiger partial charge in [0.05, 0.1) is 6.61 Å². The molecule has 0 saturated heterocycles. The van der Waals surface area contributed by atoms with Gasteiger partial charge in [0.15, 0.2) is 8.46 Å². The molecule has 0 aliphatic rings. The average molecular weight is 216 g/mol. The van der Waals surface area contributed by atoms with Gasteiger partial charge in [-0.1, -0.05) is 18.2 Å². The molecule has 0 bridgehead atoms. The molecule has 0 unspecified atom stereocenters. The van der Waals surface area contributed by atoms with E-state index in [4.69, 9.17) is 0 Å². The molecule has 0 aliphatic carbocycles. The van der Waals surface area contributed by atoms with Crippen molar-refractivity contribution in [1.29, 1.82) is 0 Å². The minimum Gasteiger partial charge on any atom is -0.295 e. The molecule has 0 aliphatic heterocycles. The first-order valence-corrected chi connectivity index (χ1v) is 5.22. The lowest BCUT2D eigenvalue weighted by Crippen LogP contribution is -1.84. The van der Waals surface area contributed by atoms with Crippen LogP contribution in [0.25, 0.3) is 0 Å². The summed E-state index contributed by atoms with van der Waals surface area (Å²) >= 11 is 0. The summed E-state index contributed by atoms with van der Waals surface area (Å²) in [6.07, 6.45) is 0. The largest absolute Gasteiger partial charge is 0.327 e. The summed E-state index contributed by atoms with van der Waals surface area (Å²) in [4.78, 5) is 0. The fraction of sp³-hybridized carbons (Fsp3) is 0.250. The molecule has 3 nitrogen and oxygen atoms in total. The topological polar surface area (TPSA) is 43.4 Å². The third-order valence-electron chi connectivity index (χ3n) is 1.04. The lowest BCUT2D eigenvalue weighted by molar-refractivity contribution is 0.365. The molecule has 0 saturated carbocycles. The van der Waals surface area contributed by atoms with Crippen LogP contribution in [0.2, 0.25) is 0 Å². The van der Waals surface area contributed by atoms with Crippen molar-refractivity contribution in [3.63, 3.8) is 0 Å². The van der Waals surface area contributed by atoms with Crippen LogP contribution in [0.3, 0.4) is 0 Å². The highest BCUT2D eigenvalue weighted by atomic mass is 31.1. The first-order chi connectivity index (χ1) is 6.35. The lowest BCUT2D eigenvalue weighted by atomic mass is 10.4. The molecule has 0 aromatic heterocycles. The summed E-state index contributed by atoms with van der Waals surface area (Å²) in [5.74, 6) is 0.